The number of rotatable bonds is 13. The number of thiophene rings is 2. The summed E-state index contributed by atoms with van der Waals surface area (Å²) in [4.78, 5) is 36.1. The van der Waals surface area contributed by atoms with Gasteiger partial charge in [-0.25, -0.2) is 34.9 Å². The van der Waals surface area contributed by atoms with Crippen LogP contribution in [0.3, 0.4) is 0 Å². The van der Waals surface area contributed by atoms with E-state index in [4.69, 9.17) is 34.9 Å². The third-order valence-corrected chi connectivity index (χ3v) is 23.3. The molecule has 7 nitrogen and oxygen atoms in total. The summed E-state index contributed by atoms with van der Waals surface area (Å²) in [7, 11) is 0. The van der Waals surface area contributed by atoms with Gasteiger partial charge in [-0.05, 0) is 98.1 Å². The monoisotopic (exact) mass is 1460 g/mol. The average molecular weight is 1460 g/mol. The quantitative estimate of drug-likeness (QED) is 0.114. The summed E-state index contributed by atoms with van der Waals surface area (Å²) in [5.41, 5.74) is 25.4. The second-order valence-electron chi connectivity index (χ2n) is 27.8. The van der Waals surface area contributed by atoms with Crippen molar-refractivity contribution in [1.29, 1.82) is 0 Å². The zero-order chi connectivity index (χ0) is 74.3. The van der Waals surface area contributed by atoms with Crippen molar-refractivity contribution in [3.05, 3.63) is 394 Å². The third-order valence-electron chi connectivity index (χ3n) is 20.9. The highest BCUT2D eigenvalue weighted by Gasteiger charge is 2.22. The van der Waals surface area contributed by atoms with Gasteiger partial charge in [-0.3, -0.25) is 0 Å². The van der Waals surface area contributed by atoms with Crippen LogP contribution in [0.4, 0.5) is 0 Å². The third kappa shape index (κ3) is 13.1. The van der Waals surface area contributed by atoms with Crippen LogP contribution in [0.15, 0.2) is 394 Å². The smallest absolute Gasteiger partial charge is 0.164 e. The molecule has 0 aliphatic carbocycles. The van der Waals surface area contributed by atoms with Crippen molar-refractivity contribution in [1.82, 2.24) is 34.9 Å². The minimum Gasteiger partial charge on any atom is -0.247 e. The van der Waals surface area contributed by atoms with Gasteiger partial charge in [0, 0.05) is 95.6 Å². The maximum atomic E-state index is 5.36. The van der Waals surface area contributed by atoms with E-state index in [0.29, 0.717) is 23.3 Å². The minimum absolute atomic E-state index is 0.613. The zero-order valence-electron chi connectivity index (χ0n) is 60.5. The van der Waals surface area contributed by atoms with Gasteiger partial charge in [0.05, 0.1) is 33.8 Å². The minimum atomic E-state index is 0.613. The molecule has 6 heterocycles. The summed E-state index contributed by atoms with van der Waals surface area (Å²) < 4.78 is 5.02. The molecule has 0 saturated heterocycles. The molecule has 0 bridgehead atoms. The summed E-state index contributed by atoms with van der Waals surface area (Å²) >= 11 is 3.68. The highest BCUT2D eigenvalue weighted by molar-refractivity contribution is 7.27. The molecule has 0 fully saturated rings. The van der Waals surface area contributed by atoms with Crippen LogP contribution < -0.4 is 0 Å². The normalized spacial score (nSPS) is 11.4. The lowest BCUT2D eigenvalue weighted by Gasteiger charge is -2.12. The van der Waals surface area contributed by atoms with Crippen LogP contribution in [0.25, 0.3) is 208 Å². The first kappa shape index (κ1) is 67.0. The number of pyridine rings is 2. The Labute approximate surface area is 655 Å². The molecular weight excluding hydrogens is 1400 g/mol. The van der Waals surface area contributed by atoms with E-state index in [1.54, 1.807) is 0 Å². The largest absolute Gasteiger partial charge is 0.247 e. The average Bonchev–Trinajstić information content (AvgIpc) is 1.57. The summed E-state index contributed by atoms with van der Waals surface area (Å²) in [5.74, 6) is 2.56. The Balaban J connectivity index is 0.000000147. The molecule has 21 aromatic rings. The molecule has 0 unspecified atom stereocenters. The van der Waals surface area contributed by atoms with Crippen LogP contribution >= 0.6 is 22.7 Å². The molecule has 0 aliphatic heterocycles. The second-order valence-corrected chi connectivity index (χ2v) is 29.9. The molecule has 0 spiro atoms. The molecular formula is C103H65N7S2. The Bertz CT molecular complexity index is 6930. The van der Waals surface area contributed by atoms with Crippen LogP contribution in [0.1, 0.15) is 0 Å². The highest BCUT2D eigenvalue weighted by Crippen LogP contribution is 2.47. The van der Waals surface area contributed by atoms with Gasteiger partial charge < -0.3 is 0 Å². The highest BCUT2D eigenvalue weighted by atomic mass is 32.1. The van der Waals surface area contributed by atoms with Crippen molar-refractivity contribution in [3.8, 4) is 146 Å². The van der Waals surface area contributed by atoms with Crippen LogP contribution in [0.5, 0.6) is 0 Å². The Morgan fingerprint density at radius 2 is 0.402 bits per heavy atom. The molecule has 112 heavy (non-hydrogen) atoms. The van der Waals surface area contributed by atoms with Crippen LogP contribution in [-0.2, 0) is 0 Å². The number of fused-ring (bicyclic) bond motifs is 10. The first-order valence-electron chi connectivity index (χ1n) is 37.5. The topological polar surface area (TPSA) is 90.2 Å². The summed E-state index contributed by atoms with van der Waals surface area (Å²) in [6.07, 6.45) is 0. The van der Waals surface area contributed by atoms with E-state index in [9.17, 15) is 0 Å². The Hall–Kier alpha value is -14.4. The van der Waals surface area contributed by atoms with E-state index in [-0.39, 0.29) is 0 Å². The van der Waals surface area contributed by atoms with E-state index in [1.165, 1.54) is 90.1 Å². The van der Waals surface area contributed by atoms with Crippen molar-refractivity contribution >= 4 is 84.8 Å². The lowest BCUT2D eigenvalue weighted by atomic mass is 9.98. The fraction of sp³-hybridized carbons (Fsp3) is 0. The number of nitrogens with zero attached hydrogens (tertiary/aromatic N) is 7. The molecule has 21 rings (SSSR count). The Kier molecular flexibility index (Phi) is 17.6. The number of benzene rings is 15. The molecule has 6 aromatic heterocycles. The van der Waals surface area contributed by atoms with Crippen LogP contribution in [0.2, 0.25) is 0 Å². The zero-order valence-corrected chi connectivity index (χ0v) is 62.1. The molecule has 0 radical (unpaired) electrons. The van der Waals surface area contributed by atoms with Crippen molar-refractivity contribution < 1.29 is 0 Å². The van der Waals surface area contributed by atoms with E-state index in [0.717, 1.165) is 95.0 Å². The standard InChI is InChI=1S/C54H34N4S.C49H31N3S/c1-4-12-35(13-5-1)38-20-26-41(27-21-38)52-56-53(42-28-22-39(23-29-42)36-14-6-2-7-15-36)58-54(57-52)43-30-24-40(25-31-43)50-49-45-18-10-11-19-48(45)59-51(49)46-34-44(32-33-47(46)55-50)37-16-8-3-9-17-37;1-4-12-32(13-5-1)34-20-26-38(27-21-34)49-51-43(35-16-8-3-9-17-35)31-44(52-49)36-22-24-37(25-23-36)47-46-40-18-10-11-19-45(40)53-48(46)41-30-39(28-29-42(41)50-47)33-14-6-2-7-15-33/h1-34H;1-31H. The van der Waals surface area contributed by atoms with Crippen molar-refractivity contribution in [2.75, 3.05) is 0 Å². The first-order chi connectivity index (χ1) is 55.5. The molecule has 0 aliphatic rings. The van der Waals surface area contributed by atoms with Gasteiger partial charge >= 0.3 is 0 Å². The van der Waals surface area contributed by atoms with Gasteiger partial charge in [-0.15, -0.1) is 22.7 Å². The molecule has 0 atom stereocenters. The van der Waals surface area contributed by atoms with Crippen LogP contribution in [-0.4, -0.2) is 34.9 Å². The molecule has 9 heteroatoms. The fourth-order valence-corrected chi connectivity index (χ4v) is 17.6. The lowest BCUT2D eigenvalue weighted by Crippen LogP contribution is -2.00. The maximum Gasteiger partial charge on any atom is 0.164 e. The maximum absolute atomic E-state index is 5.36. The van der Waals surface area contributed by atoms with E-state index in [2.05, 4.69) is 358 Å². The predicted octanol–water partition coefficient (Wildman–Crippen LogP) is 27.9. The van der Waals surface area contributed by atoms with Crippen molar-refractivity contribution in [3.63, 3.8) is 0 Å². The first-order valence-corrected chi connectivity index (χ1v) is 39.1. The summed E-state index contributed by atoms with van der Waals surface area (Å²) in [5, 5.41) is 7.18. The van der Waals surface area contributed by atoms with E-state index >= 15 is 0 Å². The fourth-order valence-electron chi connectivity index (χ4n) is 15.1. The number of hydrogen-bond acceptors (Lipinski definition) is 9. The molecule has 15 aromatic carbocycles. The van der Waals surface area contributed by atoms with Gasteiger partial charge in [0.1, 0.15) is 0 Å². The second kappa shape index (κ2) is 29.3. The molecule has 0 N–H and O–H groups in total. The van der Waals surface area contributed by atoms with Gasteiger partial charge in [-0.2, -0.15) is 0 Å². The predicted molar refractivity (Wildman–Crippen MR) is 469 cm³/mol. The molecule has 524 valence electrons. The SMILES string of the molecule is c1ccc(-c2ccc(-c3nc(-c4ccc(-c5ccccc5)cc4)nc(-c4ccc(-c5nc6ccc(-c7ccccc7)cc6c6sc7ccccc7c56)cc4)n3)cc2)cc1.c1ccc(-c2ccc(-c3nc(-c4ccccc4)cc(-c4ccc(-c5nc6ccc(-c7ccccc7)cc6c6sc7ccccc7c56)cc4)n3)cc2)cc1. The summed E-state index contributed by atoms with van der Waals surface area (Å²) in [6.45, 7) is 0. The van der Waals surface area contributed by atoms with E-state index in [1.807, 2.05) is 59.1 Å². The molecule has 0 amide bonds. The van der Waals surface area contributed by atoms with Gasteiger partial charge in [0.2, 0.25) is 0 Å². The van der Waals surface area contributed by atoms with Crippen LogP contribution in [0, 0.1) is 0 Å². The number of aromatic nitrogens is 7. The van der Waals surface area contributed by atoms with E-state index < -0.39 is 0 Å². The number of hydrogen-bond donors (Lipinski definition) is 0. The Morgan fingerprint density at radius 3 is 0.741 bits per heavy atom. The van der Waals surface area contributed by atoms with Gasteiger partial charge in [0.15, 0.2) is 23.3 Å². The molecule has 0 saturated carbocycles. The van der Waals surface area contributed by atoms with Crippen molar-refractivity contribution in [2.24, 2.45) is 0 Å². The van der Waals surface area contributed by atoms with Crippen molar-refractivity contribution in [2.45, 2.75) is 0 Å². The van der Waals surface area contributed by atoms with Gasteiger partial charge in [-0.1, -0.05) is 352 Å². The Morgan fingerprint density at radius 1 is 0.161 bits per heavy atom. The summed E-state index contributed by atoms with van der Waals surface area (Å²) in [6, 6.07) is 138. The van der Waals surface area contributed by atoms with Gasteiger partial charge in [0.25, 0.3) is 0 Å². The lowest BCUT2D eigenvalue weighted by molar-refractivity contribution is 1.07.